The largest absolute Gasteiger partial charge is 0.355 e. The molecule has 2 aliphatic rings. The van der Waals surface area contributed by atoms with Gasteiger partial charge in [-0.25, -0.2) is 14.9 Å². The van der Waals surface area contributed by atoms with E-state index >= 15 is 0 Å². The molecule has 0 aromatic heterocycles. The molecule has 2 amide bonds. The number of hydrogen-bond donors (Lipinski definition) is 1. The van der Waals surface area contributed by atoms with E-state index in [2.05, 4.69) is 5.32 Å². The van der Waals surface area contributed by atoms with Gasteiger partial charge in [0.1, 0.15) is 5.84 Å². The molecule has 2 unspecified atom stereocenters. The fraction of sp³-hybridized carbons (Fsp3) is 0.185. The van der Waals surface area contributed by atoms with Crippen LogP contribution >= 0.6 is 23.4 Å². The number of rotatable bonds is 6. The van der Waals surface area contributed by atoms with Crippen molar-refractivity contribution in [1.82, 2.24) is 10.2 Å². The Labute approximate surface area is 213 Å². The van der Waals surface area contributed by atoms with Gasteiger partial charge >= 0.3 is 0 Å². The molecule has 0 fully saturated rings. The molecule has 0 saturated carbocycles. The quantitative estimate of drug-likeness (QED) is 0.506. The van der Waals surface area contributed by atoms with E-state index in [0.29, 0.717) is 29.0 Å². The number of benzene rings is 3. The summed E-state index contributed by atoms with van der Waals surface area (Å²) in [6.07, 6.45) is 0.703. The summed E-state index contributed by atoms with van der Waals surface area (Å²) in [7, 11) is 0. The van der Waals surface area contributed by atoms with Crippen LogP contribution < -0.4 is 5.32 Å². The minimum absolute atomic E-state index is 0.115. The van der Waals surface area contributed by atoms with Gasteiger partial charge < -0.3 is 5.32 Å². The number of carbonyl (C=O) groups is 2. The van der Waals surface area contributed by atoms with Crippen LogP contribution in [-0.2, 0) is 16.0 Å². The number of aliphatic imine (C=N–C) groups is 2. The standard InChI is InChI=1S/C27H23ClN4O2S/c1-17(25(33)29-16-15-18-11-13-20(28)14-12-18)35-27-30-22-10-6-5-9-21(22)24-31-23(26(34)32(24)27)19-7-3-2-4-8-19/h2-14,17,23H,15-16H2,1H3,(H,29,33). The first-order valence-corrected chi connectivity index (χ1v) is 12.6. The Morgan fingerprint density at radius 1 is 1.06 bits per heavy atom. The van der Waals surface area contributed by atoms with Gasteiger partial charge in [-0.1, -0.05) is 78.0 Å². The number of amidine groups is 2. The van der Waals surface area contributed by atoms with Crippen LogP contribution in [0.3, 0.4) is 0 Å². The zero-order valence-electron chi connectivity index (χ0n) is 19.0. The molecule has 0 radical (unpaired) electrons. The fourth-order valence-corrected chi connectivity index (χ4v) is 5.08. The molecule has 2 aliphatic heterocycles. The van der Waals surface area contributed by atoms with Crippen LogP contribution in [0.2, 0.25) is 5.02 Å². The van der Waals surface area contributed by atoms with E-state index < -0.39 is 11.3 Å². The summed E-state index contributed by atoms with van der Waals surface area (Å²) in [4.78, 5) is 37.4. The lowest BCUT2D eigenvalue weighted by atomic mass is 10.1. The van der Waals surface area contributed by atoms with Crippen LogP contribution in [0.1, 0.15) is 29.7 Å². The SMILES string of the molecule is CC(SC1=Nc2ccccc2C2=NC(c3ccccc3)C(=O)N12)C(=O)NCCc1ccc(Cl)cc1. The van der Waals surface area contributed by atoms with Crippen molar-refractivity contribution in [3.63, 3.8) is 0 Å². The number of carbonyl (C=O) groups excluding carboxylic acids is 2. The summed E-state index contributed by atoms with van der Waals surface area (Å²) in [5, 5.41) is 3.68. The van der Waals surface area contributed by atoms with Crippen LogP contribution in [0.15, 0.2) is 88.8 Å². The van der Waals surface area contributed by atoms with Gasteiger partial charge in [-0.2, -0.15) is 0 Å². The molecule has 35 heavy (non-hydrogen) atoms. The number of nitrogens with zero attached hydrogens (tertiary/aromatic N) is 3. The molecule has 8 heteroatoms. The van der Waals surface area contributed by atoms with Crippen LogP contribution in [-0.4, -0.2) is 39.5 Å². The summed E-state index contributed by atoms with van der Waals surface area (Å²) >= 11 is 7.20. The first-order valence-electron chi connectivity index (χ1n) is 11.3. The zero-order valence-corrected chi connectivity index (χ0v) is 20.6. The summed E-state index contributed by atoms with van der Waals surface area (Å²) in [5.41, 5.74) is 3.47. The third-order valence-electron chi connectivity index (χ3n) is 5.86. The highest BCUT2D eigenvalue weighted by molar-refractivity contribution is 8.15. The van der Waals surface area contributed by atoms with E-state index in [1.54, 1.807) is 4.90 Å². The topological polar surface area (TPSA) is 74.1 Å². The maximum Gasteiger partial charge on any atom is 0.263 e. The van der Waals surface area contributed by atoms with Crippen molar-refractivity contribution < 1.29 is 9.59 Å². The first kappa shape index (κ1) is 23.3. The molecule has 2 atom stereocenters. The summed E-state index contributed by atoms with van der Waals surface area (Å²) in [6, 6.07) is 24.1. The van der Waals surface area contributed by atoms with Gasteiger partial charge in [-0.15, -0.1) is 0 Å². The van der Waals surface area contributed by atoms with Crippen molar-refractivity contribution in [2.24, 2.45) is 9.98 Å². The zero-order chi connectivity index (χ0) is 24.4. The lowest BCUT2D eigenvalue weighted by Crippen LogP contribution is -2.42. The third-order valence-corrected chi connectivity index (χ3v) is 7.17. The Hall–Kier alpha value is -3.42. The molecule has 5 rings (SSSR count). The van der Waals surface area contributed by atoms with E-state index in [-0.39, 0.29) is 11.8 Å². The fourth-order valence-electron chi connectivity index (χ4n) is 4.02. The van der Waals surface area contributed by atoms with E-state index in [9.17, 15) is 9.59 Å². The maximum absolute atomic E-state index is 13.5. The van der Waals surface area contributed by atoms with Crippen molar-refractivity contribution in [3.8, 4) is 0 Å². The van der Waals surface area contributed by atoms with Gasteiger partial charge in [0, 0.05) is 17.1 Å². The van der Waals surface area contributed by atoms with Crippen molar-refractivity contribution in [2.45, 2.75) is 24.6 Å². The Morgan fingerprint density at radius 3 is 2.54 bits per heavy atom. The number of halogens is 1. The minimum Gasteiger partial charge on any atom is -0.355 e. The predicted molar refractivity (Wildman–Crippen MR) is 141 cm³/mol. The lowest BCUT2D eigenvalue weighted by molar-refractivity contribution is -0.124. The molecule has 0 saturated heterocycles. The second kappa shape index (κ2) is 10.1. The van der Waals surface area contributed by atoms with E-state index in [1.165, 1.54) is 11.8 Å². The summed E-state index contributed by atoms with van der Waals surface area (Å²) in [5.74, 6) is 0.296. The Bertz CT molecular complexity index is 1320. The number of amides is 2. The Balaban J connectivity index is 1.32. The maximum atomic E-state index is 13.5. The van der Waals surface area contributed by atoms with Crippen LogP contribution in [0.25, 0.3) is 0 Å². The second-order valence-electron chi connectivity index (χ2n) is 8.28. The number of nitrogens with one attached hydrogen (secondary N) is 1. The highest BCUT2D eigenvalue weighted by Crippen LogP contribution is 2.38. The molecule has 2 heterocycles. The monoisotopic (exact) mass is 502 g/mol. The Morgan fingerprint density at radius 2 is 1.77 bits per heavy atom. The van der Waals surface area contributed by atoms with Crippen molar-refractivity contribution in [3.05, 3.63) is 101 Å². The van der Waals surface area contributed by atoms with Crippen molar-refractivity contribution in [1.29, 1.82) is 0 Å². The van der Waals surface area contributed by atoms with Crippen LogP contribution in [0.4, 0.5) is 5.69 Å². The number of para-hydroxylation sites is 1. The van der Waals surface area contributed by atoms with Gasteiger partial charge in [0.2, 0.25) is 5.91 Å². The highest BCUT2D eigenvalue weighted by atomic mass is 35.5. The van der Waals surface area contributed by atoms with Crippen molar-refractivity contribution in [2.75, 3.05) is 6.54 Å². The third kappa shape index (κ3) is 4.88. The molecular formula is C27H23ClN4O2S. The number of fused-ring (bicyclic) bond motifs is 3. The first-order chi connectivity index (χ1) is 17.0. The molecule has 6 nitrogen and oxygen atoms in total. The van der Waals surface area contributed by atoms with E-state index in [1.807, 2.05) is 85.8 Å². The molecule has 3 aromatic carbocycles. The van der Waals surface area contributed by atoms with Crippen molar-refractivity contribution >= 4 is 51.9 Å². The molecular weight excluding hydrogens is 480 g/mol. The van der Waals surface area contributed by atoms with Gasteiger partial charge in [-0.05, 0) is 48.7 Å². The average Bonchev–Trinajstić information content (AvgIpc) is 3.23. The van der Waals surface area contributed by atoms with E-state index in [0.717, 1.165) is 22.4 Å². The minimum atomic E-state index is -0.633. The van der Waals surface area contributed by atoms with Gasteiger partial charge in [0.25, 0.3) is 5.91 Å². The van der Waals surface area contributed by atoms with E-state index in [4.69, 9.17) is 21.6 Å². The lowest BCUT2D eigenvalue weighted by Gasteiger charge is -2.26. The highest BCUT2D eigenvalue weighted by Gasteiger charge is 2.42. The van der Waals surface area contributed by atoms with Gasteiger partial charge in [0.15, 0.2) is 11.2 Å². The predicted octanol–water partition coefficient (Wildman–Crippen LogP) is 5.15. The summed E-state index contributed by atoms with van der Waals surface area (Å²) < 4.78 is 0. The average molecular weight is 503 g/mol. The van der Waals surface area contributed by atoms with Gasteiger partial charge in [-0.3, -0.25) is 9.59 Å². The summed E-state index contributed by atoms with van der Waals surface area (Å²) in [6.45, 7) is 2.32. The smallest absolute Gasteiger partial charge is 0.263 e. The van der Waals surface area contributed by atoms with Crippen LogP contribution in [0, 0.1) is 0 Å². The number of thioether (sulfide) groups is 1. The molecule has 0 spiro atoms. The molecule has 1 N–H and O–H groups in total. The number of hydrogen-bond acceptors (Lipinski definition) is 5. The molecule has 0 bridgehead atoms. The normalized spacial score (nSPS) is 17.3. The van der Waals surface area contributed by atoms with Gasteiger partial charge in [0.05, 0.1) is 10.9 Å². The van der Waals surface area contributed by atoms with Crippen LogP contribution in [0.5, 0.6) is 0 Å². The molecule has 3 aromatic rings. The molecule has 0 aliphatic carbocycles. The Kier molecular flexibility index (Phi) is 6.70. The molecule has 176 valence electrons. The second-order valence-corrected chi connectivity index (χ2v) is 10.0.